The summed E-state index contributed by atoms with van der Waals surface area (Å²) < 4.78 is 3.89. The molecule has 0 bridgehead atoms. The first-order chi connectivity index (χ1) is 18.3. The van der Waals surface area contributed by atoms with E-state index in [-0.39, 0.29) is 11.3 Å². The van der Waals surface area contributed by atoms with E-state index >= 15 is 0 Å². The average molecular weight is 511 g/mol. The van der Waals surface area contributed by atoms with Crippen LogP contribution in [0.4, 0.5) is 5.69 Å². The number of amides is 1. The summed E-state index contributed by atoms with van der Waals surface area (Å²) in [6.45, 7) is 9.82. The topological polar surface area (TPSA) is 67.5 Å². The van der Waals surface area contributed by atoms with E-state index < -0.39 is 0 Å². The van der Waals surface area contributed by atoms with Crippen LogP contribution in [-0.4, -0.2) is 43.1 Å². The molecule has 0 unspecified atom stereocenters. The second kappa shape index (κ2) is 9.70. The molecule has 1 saturated carbocycles. The molecule has 2 aliphatic rings. The zero-order valence-electron chi connectivity index (χ0n) is 22.9. The predicted molar refractivity (Wildman–Crippen MR) is 150 cm³/mol. The van der Waals surface area contributed by atoms with E-state index in [1.54, 1.807) is 6.20 Å². The smallest absolute Gasteiger partial charge is 0.259 e. The molecule has 1 aliphatic heterocycles. The molecule has 38 heavy (non-hydrogen) atoms. The Bertz CT molecular complexity index is 1480. The Balaban J connectivity index is 1.28. The molecule has 3 aromatic heterocycles. The molecule has 1 aromatic carbocycles. The Labute approximate surface area is 224 Å². The fourth-order valence-electron chi connectivity index (χ4n) is 6.90. The summed E-state index contributed by atoms with van der Waals surface area (Å²) in [5.41, 5.74) is 6.72. The quantitative estimate of drug-likeness (QED) is 0.368. The number of nitrogens with zero attached hydrogens (tertiary/aromatic N) is 5. The van der Waals surface area contributed by atoms with Gasteiger partial charge in [0.25, 0.3) is 5.91 Å². The minimum atomic E-state index is -0.128. The number of carbonyl (C=O) groups is 1. The van der Waals surface area contributed by atoms with Crippen molar-refractivity contribution in [2.75, 3.05) is 18.4 Å². The van der Waals surface area contributed by atoms with Gasteiger partial charge in [0.1, 0.15) is 5.65 Å². The van der Waals surface area contributed by atoms with Crippen molar-refractivity contribution in [3.63, 3.8) is 0 Å². The molecular formula is C31H38N6O. The van der Waals surface area contributed by atoms with E-state index in [9.17, 15) is 4.79 Å². The van der Waals surface area contributed by atoms with E-state index in [2.05, 4.69) is 60.5 Å². The average Bonchev–Trinajstić information content (AvgIpc) is 3.47. The molecule has 1 amide bonds. The van der Waals surface area contributed by atoms with Crippen molar-refractivity contribution in [2.24, 2.45) is 18.9 Å². The lowest BCUT2D eigenvalue weighted by Gasteiger charge is -2.46. The van der Waals surface area contributed by atoms with Gasteiger partial charge in [0.15, 0.2) is 0 Å². The van der Waals surface area contributed by atoms with E-state index in [0.29, 0.717) is 23.0 Å². The van der Waals surface area contributed by atoms with Gasteiger partial charge in [-0.2, -0.15) is 5.10 Å². The highest BCUT2D eigenvalue weighted by Crippen LogP contribution is 2.52. The number of rotatable bonds is 6. The van der Waals surface area contributed by atoms with Crippen LogP contribution in [0.15, 0.2) is 55.1 Å². The second-order valence-corrected chi connectivity index (χ2v) is 11.9. The number of imidazole rings is 1. The molecular weight excluding hydrogens is 472 g/mol. The highest BCUT2D eigenvalue weighted by molar-refractivity contribution is 6.08. The third-order valence-corrected chi connectivity index (χ3v) is 8.47. The van der Waals surface area contributed by atoms with Gasteiger partial charge >= 0.3 is 0 Å². The molecule has 4 heterocycles. The Morgan fingerprint density at radius 3 is 2.74 bits per heavy atom. The molecule has 0 radical (unpaired) electrons. The number of piperidine rings is 1. The summed E-state index contributed by atoms with van der Waals surface area (Å²) in [7, 11) is 1.99. The fourth-order valence-corrected chi connectivity index (χ4v) is 6.90. The van der Waals surface area contributed by atoms with Crippen molar-refractivity contribution < 1.29 is 4.79 Å². The van der Waals surface area contributed by atoms with E-state index in [0.717, 1.165) is 49.4 Å². The first-order valence-electron chi connectivity index (χ1n) is 13.9. The van der Waals surface area contributed by atoms with Crippen molar-refractivity contribution in [1.29, 1.82) is 0 Å². The van der Waals surface area contributed by atoms with Crippen LogP contribution in [0.3, 0.4) is 0 Å². The van der Waals surface area contributed by atoms with Crippen LogP contribution in [0, 0.1) is 18.8 Å². The molecule has 1 saturated heterocycles. The van der Waals surface area contributed by atoms with E-state index in [1.807, 2.05) is 40.5 Å². The Morgan fingerprint density at radius 2 is 2.00 bits per heavy atom. The van der Waals surface area contributed by atoms with Crippen LogP contribution in [0.5, 0.6) is 0 Å². The first-order valence-corrected chi connectivity index (χ1v) is 13.9. The Kier molecular flexibility index (Phi) is 6.34. The molecule has 0 spiro atoms. The number of anilines is 1. The maximum Gasteiger partial charge on any atom is 0.259 e. The minimum absolute atomic E-state index is 0.104. The Morgan fingerprint density at radius 1 is 1.16 bits per heavy atom. The van der Waals surface area contributed by atoms with Crippen molar-refractivity contribution in [1.82, 2.24) is 24.1 Å². The number of nitrogens with one attached hydrogen (secondary N) is 1. The SMILES string of the molecule is Cc1cn(C)nc1C1(c2cccc(NC(=O)c3cc(CN4CCC[C@H](C)C4)cn4ccnc34)c2)CC(C)C1. The van der Waals surface area contributed by atoms with Gasteiger partial charge in [-0.25, -0.2) is 4.98 Å². The molecule has 1 N–H and O–H groups in total. The highest BCUT2D eigenvalue weighted by atomic mass is 16.1. The minimum Gasteiger partial charge on any atom is -0.322 e. The van der Waals surface area contributed by atoms with Crippen LogP contribution >= 0.6 is 0 Å². The lowest BCUT2D eigenvalue weighted by atomic mass is 9.57. The molecule has 7 nitrogen and oxygen atoms in total. The number of likely N-dealkylation sites (tertiary alicyclic amines) is 1. The van der Waals surface area contributed by atoms with Gasteiger partial charge in [0.2, 0.25) is 0 Å². The molecule has 6 rings (SSSR count). The van der Waals surface area contributed by atoms with Gasteiger partial charge in [-0.05, 0) is 85.9 Å². The van der Waals surface area contributed by atoms with Gasteiger partial charge in [-0.3, -0.25) is 14.4 Å². The molecule has 1 aliphatic carbocycles. The lowest BCUT2D eigenvalue weighted by molar-refractivity contribution is 0.102. The number of fused-ring (bicyclic) bond motifs is 1. The molecule has 198 valence electrons. The van der Waals surface area contributed by atoms with Gasteiger partial charge < -0.3 is 9.72 Å². The monoisotopic (exact) mass is 510 g/mol. The second-order valence-electron chi connectivity index (χ2n) is 11.9. The maximum atomic E-state index is 13.7. The number of aromatic nitrogens is 4. The van der Waals surface area contributed by atoms with Crippen molar-refractivity contribution in [2.45, 2.75) is 58.4 Å². The first kappa shape index (κ1) is 24.9. The number of hydrogen-bond donors (Lipinski definition) is 1. The summed E-state index contributed by atoms with van der Waals surface area (Å²) in [4.78, 5) is 20.6. The van der Waals surface area contributed by atoms with Crippen LogP contribution < -0.4 is 5.32 Å². The molecule has 2 fully saturated rings. The Hall–Kier alpha value is -3.45. The van der Waals surface area contributed by atoms with Crippen molar-refractivity contribution in [3.8, 4) is 0 Å². The van der Waals surface area contributed by atoms with Gasteiger partial charge in [0.05, 0.1) is 11.3 Å². The summed E-state index contributed by atoms with van der Waals surface area (Å²) in [5.74, 6) is 1.24. The summed E-state index contributed by atoms with van der Waals surface area (Å²) >= 11 is 0. The normalized spacial score (nSPS) is 23.9. The van der Waals surface area contributed by atoms with Crippen LogP contribution in [0.2, 0.25) is 0 Å². The third kappa shape index (κ3) is 4.53. The van der Waals surface area contributed by atoms with Crippen LogP contribution in [0.1, 0.15) is 72.3 Å². The number of hydrogen-bond acceptors (Lipinski definition) is 4. The highest BCUT2D eigenvalue weighted by Gasteiger charge is 2.47. The summed E-state index contributed by atoms with van der Waals surface area (Å²) in [5, 5.41) is 8.05. The standard InChI is InChI=1S/C31H38N6O/c1-21-7-6-11-36(17-21)19-24-13-27(29-32-10-12-37(29)20-24)30(38)33-26-9-5-8-25(14-26)31(15-22(2)16-31)28-23(3)18-35(4)34-28/h5,8-10,12-14,18,20-22H,6-7,11,15-17,19H2,1-4H3,(H,33,38)/t21-,22?,31?/m0/s1. The maximum absolute atomic E-state index is 13.7. The van der Waals surface area contributed by atoms with Gasteiger partial charge in [-0.15, -0.1) is 0 Å². The van der Waals surface area contributed by atoms with E-state index in [1.165, 1.54) is 24.0 Å². The zero-order valence-corrected chi connectivity index (χ0v) is 22.9. The predicted octanol–water partition coefficient (Wildman–Crippen LogP) is 5.58. The fraction of sp³-hybridized carbons (Fsp3) is 0.452. The zero-order chi connectivity index (χ0) is 26.4. The van der Waals surface area contributed by atoms with Crippen LogP contribution in [0.25, 0.3) is 5.65 Å². The lowest BCUT2D eigenvalue weighted by Crippen LogP contribution is -2.42. The third-order valence-electron chi connectivity index (χ3n) is 8.47. The molecule has 4 aromatic rings. The van der Waals surface area contributed by atoms with Crippen molar-refractivity contribution >= 4 is 17.2 Å². The molecule has 7 heteroatoms. The number of pyridine rings is 1. The van der Waals surface area contributed by atoms with Gasteiger partial charge in [0, 0.05) is 56.0 Å². The number of carbonyl (C=O) groups excluding carboxylic acids is 1. The number of benzene rings is 1. The summed E-state index contributed by atoms with van der Waals surface area (Å²) in [6, 6.07) is 10.4. The van der Waals surface area contributed by atoms with Gasteiger partial charge in [-0.1, -0.05) is 26.0 Å². The number of aryl methyl sites for hydroxylation is 2. The van der Waals surface area contributed by atoms with Crippen molar-refractivity contribution in [3.05, 3.63) is 83.1 Å². The van der Waals surface area contributed by atoms with Crippen LogP contribution in [-0.2, 0) is 19.0 Å². The van der Waals surface area contributed by atoms with E-state index in [4.69, 9.17) is 5.10 Å². The largest absolute Gasteiger partial charge is 0.322 e. The molecule has 1 atom stereocenters. The summed E-state index contributed by atoms with van der Waals surface area (Å²) in [6.07, 6.45) is 12.5.